The number of carbonyl (C=O) groups excluding carboxylic acids is 1. The highest BCUT2D eigenvalue weighted by Gasteiger charge is 2.04. The van der Waals surface area contributed by atoms with Gasteiger partial charge in [-0.3, -0.25) is 4.79 Å². The SMILES string of the molecule is Cc1cccc(CCC(=O)Cc2ccsc2)c1. The predicted octanol–water partition coefficient (Wildman–Crippen LogP) is 3.80. The molecule has 0 saturated carbocycles. The summed E-state index contributed by atoms with van der Waals surface area (Å²) in [4.78, 5) is 11.8. The van der Waals surface area contributed by atoms with Crippen molar-refractivity contribution in [1.82, 2.24) is 0 Å². The van der Waals surface area contributed by atoms with Gasteiger partial charge in [-0.25, -0.2) is 0 Å². The van der Waals surface area contributed by atoms with Crippen molar-refractivity contribution >= 4 is 17.1 Å². The third kappa shape index (κ3) is 3.82. The maximum Gasteiger partial charge on any atom is 0.137 e. The number of carbonyl (C=O) groups is 1. The van der Waals surface area contributed by atoms with Gasteiger partial charge in [-0.2, -0.15) is 11.3 Å². The molecule has 0 radical (unpaired) electrons. The molecule has 0 aliphatic heterocycles. The Kier molecular flexibility index (Phi) is 4.10. The molecule has 1 aromatic heterocycles. The van der Waals surface area contributed by atoms with Crippen molar-refractivity contribution in [2.45, 2.75) is 26.2 Å². The predicted molar refractivity (Wildman–Crippen MR) is 72.5 cm³/mol. The highest BCUT2D eigenvalue weighted by Crippen LogP contribution is 2.10. The molecule has 0 atom stereocenters. The molecule has 0 unspecified atom stereocenters. The second kappa shape index (κ2) is 5.78. The van der Waals surface area contributed by atoms with Crippen molar-refractivity contribution < 1.29 is 4.79 Å². The van der Waals surface area contributed by atoms with Gasteiger partial charge >= 0.3 is 0 Å². The number of Topliss-reactive ketones (excluding diaryl/α,β-unsaturated/α-hetero) is 1. The third-order valence-corrected chi connectivity index (χ3v) is 3.49. The molecule has 17 heavy (non-hydrogen) atoms. The summed E-state index contributed by atoms with van der Waals surface area (Å²) < 4.78 is 0. The van der Waals surface area contributed by atoms with Crippen LogP contribution in [0.2, 0.25) is 0 Å². The number of rotatable bonds is 5. The Bertz CT molecular complexity index is 485. The second-order valence-electron chi connectivity index (χ2n) is 4.34. The molecule has 2 rings (SSSR count). The molecule has 0 fully saturated rings. The van der Waals surface area contributed by atoms with E-state index >= 15 is 0 Å². The van der Waals surface area contributed by atoms with Crippen LogP contribution in [-0.4, -0.2) is 5.78 Å². The first kappa shape index (κ1) is 12.1. The lowest BCUT2D eigenvalue weighted by Gasteiger charge is -2.02. The Morgan fingerprint density at radius 2 is 2.12 bits per heavy atom. The van der Waals surface area contributed by atoms with Crippen LogP contribution in [0.4, 0.5) is 0 Å². The number of aryl methyl sites for hydroxylation is 2. The van der Waals surface area contributed by atoms with Crippen LogP contribution in [0.1, 0.15) is 23.1 Å². The highest BCUT2D eigenvalue weighted by molar-refractivity contribution is 7.07. The van der Waals surface area contributed by atoms with E-state index in [1.165, 1.54) is 11.1 Å². The molecule has 1 nitrogen and oxygen atoms in total. The summed E-state index contributed by atoms with van der Waals surface area (Å²) in [5.41, 5.74) is 3.65. The standard InChI is InChI=1S/C15H16OS/c1-12-3-2-4-13(9-12)5-6-15(16)10-14-7-8-17-11-14/h2-4,7-9,11H,5-6,10H2,1H3. The molecule has 1 heterocycles. The minimum atomic E-state index is 0.324. The molecule has 0 bridgehead atoms. The van der Waals surface area contributed by atoms with Crippen molar-refractivity contribution in [3.63, 3.8) is 0 Å². The van der Waals surface area contributed by atoms with Gasteiger partial charge in [-0.05, 0) is 41.3 Å². The molecule has 88 valence electrons. The van der Waals surface area contributed by atoms with Crippen LogP contribution >= 0.6 is 11.3 Å². The first-order chi connectivity index (χ1) is 8.24. The van der Waals surface area contributed by atoms with Crippen LogP contribution in [-0.2, 0) is 17.6 Å². The number of thiophene rings is 1. The first-order valence-corrected chi connectivity index (χ1v) is 6.76. The number of ketones is 1. The average Bonchev–Trinajstić information content (AvgIpc) is 2.79. The normalized spacial score (nSPS) is 10.4. The summed E-state index contributed by atoms with van der Waals surface area (Å²) in [5.74, 6) is 0.324. The van der Waals surface area contributed by atoms with Crippen LogP contribution in [0.25, 0.3) is 0 Å². The Balaban J connectivity index is 1.84. The zero-order valence-electron chi connectivity index (χ0n) is 9.98. The molecule has 0 spiro atoms. The van der Waals surface area contributed by atoms with Gasteiger partial charge in [0.2, 0.25) is 0 Å². The van der Waals surface area contributed by atoms with Crippen LogP contribution in [0.15, 0.2) is 41.1 Å². The zero-order valence-corrected chi connectivity index (χ0v) is 10.8. The van der Waals surface area contributed by atoms with E-state index in [-0.39, 0.29) is 0 Å². The fraction of sp³-hybridized carbons (Fsp3) is 0.267. The summed E-state index contributed by atoms with van der Waals surface area (Å²) in [6.07, 6.45) is 2.07. The number of benzene rings is 1. The van der Waals surface area contributed by atoms with E-state index in [1.807, 2.05) is 22.9 Å². The van der Waals surface area contributed by atoms with E-state index in [1.54, 1.807) is 11.3 Å². The van der Waals surface area contributed by atoms with Crippen LogP contribution < -0.4 is 0 Å². The van der Waals surface area contributed by atoms with Crippen molar-refractivity contribution in [2.24, 2.45) is 0 Å². The minimum absolute atomic E-state index is 0.324. The molecule has 0 amide bonds. The van der Waals surface area contributed by atoms with E-state index in [0.717, 1.165) is 12.0 Å². The van der Waals surface area contributed by atoms with Gasteiger partial charge in [0.1, 0.15) is 5.78 Å². The van der Waals surface area contributed by atoms with Gasteiger partial charge in [0, 0.05) is 12.8 Å². The van der Waals surface area contributed by atoms with E-state index in [4.69, 9.17) is 0 Å². The molecule has 0 saturated heterocycles. The summed E-state index contributed by atoms with van der Waals surface area (Å²) in [6, 6.07) is 10.4. The summed E-state index contributed by atoms with van der Waals surface area (Å²) in [7, 11) is 0. The largest absolute Gasteiger partial charge is 0.299 e. The molecule has 0 N–H and O–H groups in total. The smallest absolute Gasteiger partial charge is 0.137 e. The molecule has 0 aliphatic rings. The van der Waals surface area contributed by atoms with Crippen LogP contribution in [0, 0.1) is 6.92 Å². The molecule has 1 aromatic carbocycles. The van der Waals surface area contributed by atoms with E-state index in [2.05, 4.69) is 25.1 Å². The maximum atomic E-state index is 11.8. The Labute approximate surface area is 106 Å². The second-order valence-corrected chi connectivity index (χ2v) is 5.12. The molecular weight excluding hydrogens is 228 g/mol. The van der Waals surface area contributed by atoms with Crippen molar-refractivity contribution in [1.29, 1.82) is 0 Å². The van der Waals surface area contributed by atoms with Crippen molar-refractivity contribution in [3.8, 4) is 0 Å². The monoisotopic (exact) mass is 244 g/mol. The zero-order chi connectivity index (χ0) is 12.1. The van der Waals surface area contributed by atoms with Crippen LogP contribution in [0.5, 0.6) is 0 Å². The lowest BCUT2D eigenvalue weighted by Crippen LogP contribution is -2.03. The summed E-state index contributed by atoms with van der Waals surface area (Å²) >= 11 is 1.65. The molecular formula is C15H16OS. The van der Waals surface area contributed by atoms with Gasteiger partial charge in [-0.1, -0.05) is 29.8 Å². The quantitative estimate of drug-likeness (QED) is 0.782. The Morgan fingerprint density at radius 3 is 2.82 bits per heavy atom. The minimum Gasteiger partial charge on any atom is -0.299 e. The molecule has 2 aromatic rings. The first-order valence-electron chi connectivity index (χ1n) is 5.82. The Morgan fingerprint density at radius 1 is 1.24 bits per heavy atom. The fourth-order valence-corrected chi connectivity index (χ4v) is 2.53. The summed E-state index contributed by atoms with van der Waals surface area (Å²) in [6.45, 7) is 2.08. The molecule has 2 heteroatoms. The van der Waals surface area contributed by atoms with Crippen LogP contribution in [0.3, 0.4) is 0 Å². The highest BCUT2D eigenvalue weighted by atomic mass is 32.1. The number of hydrogen-bond donors (Lipinski definition) is 0. The van der Waals surface area contributed by atoms with Gasteiger partial charge in [-0.15, -0.1) is 0 Å². The van der Waals surface area contributed by atoms with Gasteiger partial charge in [0.15, 0.2) is 0 Å². The van der Waals surface area contributed by atoms with Gasteiger partial charge in [0.05, 0.1) is 0 Å². The summed E-state index contributed by atoms with van der Waals surface area (Å²) in [5, 5.41) is 4.06. The van der Waals surface area contributed by atoms with Crippen molar-refractivity contribution in [2.75, 3.05) is 0 Å². The average molecular weight is 244 g/mol. The number of hydrogen-bond acceptors (Lipinski definition) is 2. The van der Waals surface area contributed by atoms with Crippen molar-refractivity contribution in [3.05, 3.63) is 57.8 Å². The lowest BCUT2D eigenvalue weighted by molar-refractivity contribution is -0.118. The van der Waals surface area contributed by atoms with Gasteiger partial charge < -0.3 is 0 Å². The fourth-order valence-electron chi connectivity index (χ4n) is 1.86. The van der Waals surface area contributed by atoms with E-state index < -0.39 is 0 Å². The maximum absolute atomic E-state index is 11.8. The van der Waals surface area contributed by atoms with Gasteiger partial charge in [0.25, 0.3) is 0 Å². The van der Waals surface area contributed by atoms with E-state index in [0.29, 0.717) is 18.6 Å². The lowest BCUT2D eigenvalue weighted by atomic mass is 10.0. The molecule has 0 aliphatic carbocycles. The Hall–Kier alpha value is -1.41. The van der Waals surface area contributed by atoms with E-state index in [9.17, 15) is 4.79 Å². The third-order valence-electron chi connectivity index (χ3n) is 2.76. The topological polar surface area (TPSA) is 17.1 Å².